The molecule has 3 nitrogen and oxygen atoms in total. The van der Waals surface area contributed by atoms with Crippen LogP contribution >= 0.6 is 0 Å². The zero-order valence-corrected chi connectivity index (χ0v) is 29.7. The van der Waals surface area contributed by atoms with Gasteiger partial charge in [0.15, 0.2) is 0 Å². The molecule has 0 aliphatic rings. The molecule has 0 fully saturated rings. The highest BCUT2D eigenvalue weighted by Gasteiger charge is 2.21. The molecule has 4 heteroatoms. The van der Waals surface area contributed by atoms with Crippen molar-refractivity contribution < 1.29 is 13.0 Å². The second-order valence-electron chi connectivity index (χ2n) is 13.5. The number of benzene rings is 2. The van der Waals surface area contributed by atoms with Gasteiger partial charge in [-0.15, -0.1) is 0 Å². The molecule has 0 bridgehead atoms. The third-order valence-electron chi connectivity index (χ3n) is 9.52. The molecular weight excluding hydrogens is 561 g/mol. The zero-order chi connectivity index (χ0) is 31.7. The fourth-order valence-corrected chi connectivity index (χ4v) is 7.84. The largest absolute Gasteiger partial charge is 0.295 e. The number of rotatable bonds is 29. The van der Waals surface area contributed by atoms with Gasteiger partial charge >= 0.3 is 0 Å². The highest BCUT2D eigenvalue weighted by molar-refractivity contribution is 7.86. The molecule has 252 valence electrons. The lowest BCUT2D eigenvalue weighted by atomic mass is 9.95. The van der Waals surface area contributed by atoms with Crippen LogP contribution in [-0.4, -0.2) is 13.0 Å². The minimum Gasteiger partial charge on any atom is -0.282 e. The van der Waals surface area contributed by atoms with E-state index in [0.717, 1.165) is 47.6 Å². The predicted octanol–water partition coefficient (Wildman–Crippen LogP) is 13.4. The molecule has 0 radical (unpaired) electrons. The standard InChI is InChI=1S/C40H68O3S/c1-3-5-7-9-11-13-15-17-19-21-23-25-27-30-36-32-29-33-37-34-35-38(40(39(36)37)44(41,42)43)31-28-26-24-22-20-18-16-14-12-10-8-6-4-2/h29,32-35H,3-28,30-31H2,1-2H3,(H,41,42,43). The molecule has 2 rings (SSSR count). The first kappa shape index (κ1) is 38.8. The summed E-state index contributed by atoms with van der Waals surface area (Å²) < 4.78 is 35.7. The van der Waals surface area contributed by atoms with Crippen LogP contribution in [0.4, 0.5) is 0 Å². The number of unbranched alkanes of at least 4 members (excludes halogenated alkanes) is 24. The SMILES string of the molecule is CCCCCCCCCCCCCCCc1ccc2cccc(CCCCCCCCCCCCCCC)c2c1S(=O)(=O)O. The molecule has 0 atom stereocenters. The van der Waals surface area contributed by atoms with E-state index in [-0.39, 0.29) is 4.90 Å². The lowest BCUT2D eigenvalue weighted by Crippen LogP contribution is -2.06. The summed E-state index contributed by atoms with van der Waals surface area (Å²) >= 11 is 0. The van der Waals surface area contributed by atoms with E-state index in [0.29, 0.717) is 6.42 Å². The Morgan fingerprint density at radius 2 is 0.818 bits per heavy atom. The fourth-order valence-electron chi connectivity index (χ4n) is 6.83. The summed E-state index contributed by atoms with van der Waals surface area (Å²) in [6.45, 7) is 4.55. The maximum Gasteiger partial charge on any atom is 0.295 e. The Bertz CT molecular complexity index is 1090. The molecule has 0 aromatic heterocycles. The molecule has 2 aromatic rings. The number of aryl methyl sites for hydroxylation is 2. The Kier molecular flexibility index (Phi) is 21.9. The van der Waals surface area contributed by atoms with Gasteiger partial charge < -0.3 is 0 Å². The van der Waals surface area contributed by atoms with Crippen molar-refractivity contribution in [1.82, 2.24) is 0 Å². The van der Waals surface area contributed by atoms with Crippen molar-refractivity contribution in [1.29, 1.82) is 0 Å². The van der Waals surface area contributed by atoms with E-state index in [1.54, 1.807) is 0 Å². The van der Waals surface area contributed by atoms with Gasteiger partial charge in [-0.05, 0) is 42.2 Å². The Morgan fingerprint density at radius 1 is 0.455 bits per heavy atom. The van der Waals surface area contributed by atoms with Crippen LogP contribution in [0.15, 0.2) is 35.2 Å². The first-order valence-electron chi connectivity index (χ1n) is 19.0. The maximum absolute atomic E-state index is 12.7. The summed E-state index contributed by atoms with van der Waals surface area (Å²) in [6.07, 6.45) is 35.5. The van der Waals surface area contributed by atoms with Gasteiger partial charge in [-0.3, -0.25) is 4.55 Å². The van der Waals surface area contributed by atoms with Crippen molar-refractivity contribution in [3.63, 3.8) is 0 Å². The van der Waals surface area contributed by atoms with Gasteiger partial charge in [0, 0.05) is 5.39 Å². The van der Waals surface area contributed by atoms with Crippen LogP contribution < -0.4 is 0 Å². The Balaban J connectivity index is 1.74. The molecule has 0 aliphatic heterocycles. The highest BCUT2D eigenvalue weighted by atomic mass is 32.2. The van der Waals surface area contributed by atoms with Gasteiger partial charge in [0.05, 0.1) is 0 Å². The summed E-state index contributed by atoms with van der Waals surface area (Å²) in [6, 6.07) is 10.1. The predicted molar refractivity (Wildman–Crippen MR) is 193 cm³/mol. The topological polar surface area (TPSA) is 54.4 Å². The van der Waals surface area contributed by atoms with Crippen LogP contribution in [0.25, 0.3) is 10.8 Å². The van der Waals surface area contributed by atoms with Crippen LogP contribution in [0.2, 0.25) is 0 Å². The molecule has 0 unspecified atom stereocenters. The van der Waals surface area contributed by atoms with Gasteiger partial charge in [0.1, 0.15) is 4.90 Å². The molecular formula is C40H68O3S. The van der Waals surface area contributed by atoms with Crippen molar-refractivity contribution in [2.45, 2.75) is 199 Å². The zero-order valence-electron chi connectivity index (χ0n) is 28.9. The normalized spacial score (nSPS) is 12.0. The summed E-state index contributed by atoms with van der Waals surface area (Å²) in [7, 11) is -4.31. The molecule has 0 aliphatic carbocycles. The Morgan fingerprint density at radius 3 is 1.20 bits per heavy atom. The summed E-state index contributed by atoms with van der Waals surface area (Å²) in [5.41, 5.74) is 1.84. The molecule has 0 amide bonds. The van der Waals surface area contributed by atoms with E-state index in [1.165, 1.54) is 148 Å². The third-order valence-corrected chi connectivity index (χ3v) is 10.5. The molecule has 0 spiro atoms. The Hall–Kier alpha value is -1.39. The molecule has 44 heavy (non-hydrogen) atoms. The number of fused-ring (bicyclic) bond motifs is 1. The van der Waals surface area contributed by atoms with Gasteiger partial charge in [-0.1, -0.05) is 198 Å². The van der Waals surface area contributed by atoms with E-state index in [9.17, 15) is 13.0 Å². The maximum atomic E-state index is 12.7. The van der Waals surface area contributed by atoms with Crippen molar-refractivity contribution >= 4 is 20.9 Å². The van der Waals surface area contributed by atoms with Crippen LogP contribution in [0.3, 0.4) is 0 Å². The van der Waals surface area contributed by atoms with Crippen molar-refractivity contribution in [2.24, 2.45) is 0 Å². The van der Waals surface area contributed by atoms with Gasteiger partial charge in [0.2, 0.25) is 0 Å². The minimum atomic E-state index is -4.31. The van der Waals surface area contributed by atoms with Crippen LogP contribution in [0, 0.1) is 0 Å². The smallest absolute Gasteiger partial charge is 0.282 e. The average Bonchev–Trinajstić information content (AvgIpc) is 3.01. The molecule has 0 saturated carbocycles. The molecule has 0 heterocycles. The first-order chi connectivity index (χ1) is 21.5. The summed E-state index contributed by atoms with van der Waals surface area (Å²) in [5.74, 6) is 0. The quantitative estimate of drug-likeness (QED) is 0.0720. The summed E-state index contributed by atoms with van der Waals surface area (Å²) in [4.78, 5) is 0.166. The van der Waals surface area contributed by atoms with E-state index >= 15 is 0 Å². The number of hydrogen-bond acceptors (Lipinski definition) is 2. The van der Waals surface area contributed by atoms with E-state index in [2.05, 4.69) is 26.0 Å². The van der Waals surface area contributed by atoms with Gasteiger partial charge in [-0.25, -0.2) is 0 Å². The summed E-state index contributed by atoms with van der Waals surface area (Å²) in [5, 5.41) is 1.67. The van der Waals surface area contributed by atoms with Crippen molar-refractivity contribution in [2.75, 3.05) is 0 Å². The second-order valence-corrected chi connectivity index (χ2v) is 14.9. The number of hydrogen-bond donors (Lipinski definition) is 1. The minimum absolute atomic E-state index is 0.166. The van der Waals surface area contributed by atoms with Crippen LogP contribution in [0.1, 0.15) is 192 Å². The van der Waals surface area contributed by atoms with E-state index in [4.69, 9.17) is 0 Å². The third kappa shape index (κ3) is 16.8. The first-order valence-corrected chi connectivity index (χ1v) is 20.4. The lowest BCUT2D eigenvalue weighted by molar-refractivity contribution is 0.482. The monoisotopic (exact) mass is 628 g/mol. The average molecular weight is 629 g/mol. The highest BCUT2D eigenvalue weighted by Crippen LogP contribution is 2.32. The van der Waals surface area contributed by atoms with Crippen LogP contribution in [-0.2, 0) is 23.0 Å². The van der Waals surface area contributed by atoms with Crippen molar-refractivity contribution in [3.05, 3.63) is 41.5 Å². The van der Waals surface area contributed by atoms with E-state index in [1.807, 2.05) is 18.2 Å². The second kappa shape index (κ2) is 24.8. The van der Waals surface area contributed by atoms with Gasteiger partial charge in [0.25, 0.3) is 10.1 Å². The fraction of sp³-hybridized carbons (Fsp3) is 0.750. The van der Waals surface area contributed by atoms with Gasteiger partial charge in [-0.2, -0.15) is 8.42 Å². The lowest BCUT2D eigenvalue weighted by Gasteiger charge is -2.15. The molecule has 2 aromatic carbocycles. The van der Waals surface area contributed by atoms with E-state index < -0.39 is 10.1 Å². The Labute approximate surface area is 273 Å². The van der Waals surface area contributed by atoms with Crippen LogP contribution in [0.5, 0.6) is 0 Å². The molecule has 1 N–H and O–H groups in total. The molecule has 0 saturated heterocycles. The van der Waals surface area contributed by atoms with Crippen molar-refractivity contribution in [3.8, 4) is 0 Å².